The third kappa shape index (κ3) is 5.48. The molecule has 0 aromatic rings. The zero-order valence-corrected chi connectivity index (χ0v) is 10.9. The molecule has 0 aromatic carbocycles. The molecule has 1 rings (SSSR count). The Balaban J connectivity index is 2.30. The van der Waals surface area contributed by atoms with E-state index < -0.39 is 0 Å². The summed E-state index contributed by atoms with van der Waals surface area (Å²) in [5.74, 6) is 0.0963. The Labute approximate surface area is 104 Å². The van der Waals surface area contributed by atoms with E-state index in [-0.39, 0.29) is 11.9 Å². The molecule has 0 unspecified atom stereocenters. The number of hydrogen-bond donors (Lipinski definition) is 2. The molecule has 100 valence electrons. The zero-order chi connectivity index (χ0) is 12.7. The van der Waals surface area contributed by atoms with Crippen LogP contribution in [0.15, 0.2) is 0 Å². The first-order valence-electron chi connectivity index (χ1n) is 6.44. The van der Waals surface area contributed by atoms with Crippen LogP contribution in [-0.2, 0) is 9.53 Å². The topological polar surface area (TPSA) is 67.6 Å². The summed E-state index contributed by atoms with van der Waals surface area (Å²) in [6, 6.07) is 0.627. The largest absolute Gasteiger partial charge is 0.381 e. The monoisotopic (exact) mass is 243 g/mol. The zero-order valence-electron chi connectivity index (χ0n) is 10.9. The number of carbonyl (C=O) groups is 1. The average Bonchev–Trinajstić information content (AvgIpc) is 2.29. The lowest BCUT2D eigenvalue weighted by molar-refractivity contribution is -0.123. The van der Waals surface area contributed by atoms with Crippen LogP contribution in [0.25, 0.3) is 0 Å². The van der Waals surface area contributed by atoms with Gasteiger partial charge in [-0.25, -0.2) is 0 Å². The van der Waals surface area contributed by atoms with Gasteiger partial charge in [0.2, 0.25) is 5.91 Å². The van der Waals surface area contributed by atoms with Gasteiger partial charge in [0.1, 0.15) is 0 Å². The van der Waals surface area contributed by atoms with Crippen LogP contribution in [0.2, 0.25) is 0 Å². The lowest BCUT2D eigenvalue weighted by Gasteiger charge is -2.28. The van der Waals surface area contributed by atoms with E-state index in [4.69, 9.17) is 10.5 Å². The summed E-state index contributed by atoms with van der Waals surface area (Å²) in [6.07, 6.45) is 1.84. The van der Waals surface area contributed by atoms with Gasteiger partial charge in [-0.1, -0.05) is 0 Å². The van der Waals surface area contributed by atoms with E-state index in [1.54, 1.807) is 0 Å². The van der Waals surface area contributed by atoms with Crippen molar-refractivity contribution < 1.29 is 9.53 Å². The van der Waals surface area contributed by atoms with Gasteiger partial charge in [0.15, 0.2) is 0 Å². The van der Waals surface area contributed by atoms with Crippen LogP contribution >= 0.6 is 0 Å². The van der Waals surface area contributed by atoms with E-state index in [1.807, 2.05) is 0 Å². The number of hydrogen-bond acceptors (Lipinski definition) is 4. The van der Waals surface area contributed by atoms with Gasteiger partial charge in [-0.3, -0.25) is 9.69 Å². The van der Waals surface area contributed by atoms with Crippen LogP contribution in [0.5, 0.6) is 0 Å². The molecule has 5 nitrogen and oxygen atoms in total. The van der Waals surface area contributed by atoms with Gasteiger partial charge in [0, 0.05) is 38.4 Å². The number of nitrogens with two attached hydrogens (primary N) is 1. The standard InChI is InChI=1S/C12H25N3O2/c1-10(2)15(6-5-13)9-12(16)14-11-3-7-17-8-4-11/h10-11H,3-9,13H2,1-2H3,(H,14,16). The fourth-order valence-electron chi connectivity index (χ4n) is 1.99. The molecule has 0 saturated carbocycles. The van der Waals surface area contributed by atoms with Crippen LogP contribution in [0, 0.1) is 0 Å². The van der Waals surface area contributed by atoms with E-state index in [0.717, 1.165) is 32.6 Å². The van der Waals surface area contributed by atoms with Crippen LogP contribution in [0.1, 0.15) is 26.7 Å². The van der Waals surface area contributed by atoms with Crippen LogP contribution in [-0.4, -0.2) is 55.7 Å². The predicted octanol–water partition coefficient (Wildman–Crippen LogP) is -0.0493. The van der Waals surface area contributed by atoms with Crippen LogP contribution in [0.3, 0.4) is 0 Å². The Morgan fingerprint density at radius 2 is 2.12 bits per heavy atom. The maximum absolute atomic E-state index is 11.9. The van der Waals surface area contributed by atoms with Crippen molar-refractivity contribution in [2.75, 3.05) is 32.8 Å². The molecular formula is C12H25N3O2. The highest BCUT2D eigenvalue weighted by atomic mass is 16.5. The summed E-state index contributed by atoms with van der Waals surface area (Å²) in [6.45, 7) is 7.45. The van der Waals surface area contributed by atoms with Gasteiger partial charge in [0.05, 0.1) is 6.54 Å². The molecule has 1 fully saturated rings. The first-order chi connectivity index (χ1) is 8.13. The van der Waals surface area contributed by atoms with E-state index in [0.29, 0.717) is 19.1 Å². The minimum atomic E-state index is 0.0963. The van der Waals surface area contributed by atoms with Crippen LogP contribution < -0.4 is 11.1 Å². The first kappa shape index (κ1) is 14.4. The Morgan fingerprint density at radius 1 is 1.47 bits per heavy atom. The molecule has 1 aliphatic heterocycles. The highest BCUT2D eigenvalue weighted by Gasteiger charge is 2.18. The minimum absolute atomic E-state index is 0.0963. The second-order valence-corrected chi connectivity index (χ2v) is 4.81. The van der Waals surface area contributed by atoms with Gasteiger partial charge >= 0.3 is 0 Å². The summed E-state index contributed by atoms with van der Waals surface area (Å²) in [5.41, 5.74) is 5.54. The summed E-state index contributed by atoms with van der Waals surface area (Å²) >= 11 is 0. The first-order valence-corrected chi connectivity index (χ1v) is 6.44. The lowest BCUT2D eigenvalue weighted by Crippen LogP contribution is -2.47. The van der Waals surface area contributed by atoms with Gasteiger partial charge in [-0.2, -0.15) is 0 Å². The number of nitrogens with one attached hydrogen (secondary N) is 1. The second kappa shape index (κ2) is 7.63. The smallest absolute Gasteiger partial charge is 0.234 e. The molecule has 1 aliphatic rings. The molecule has 17 heavy (non-hydrogen) atoms. The molecule has 3 N–H and O–H groups in total. The molecule has 1 heterocycles. The van der Waals surface area contributed by atoms with Crippen molar-refractivity contribution in [1.29, 1.82) is 0 Å². The van der Waals surface area contributed by atoms with E-state index >= 15 is 0 Å². The lowest BCUT2D eigenvalue weighted by atomic mass is 10.1. The number of carbonyl (C=O) groups excluding carboxylic acids is 1. The van der Waals surface area contributed by atoms with Crippen molar-refractivity contribution in [3.8, 4) is 0 Å². The van der Waals surface area contributed by atoms with Gasteiger partial charge in [0.25, 0.3) is 0 Å². The van der Waals surface area contributed by atoms with Crippen molar-refractivity contribution in [3.05, 3.63) is 0 Å². The van der Waals surface area contributed by atoms with Gasteiger partial charge < -0.3 is 15.8 Å². The van der Waals surface area contributed by atoms with Crippen molar-refractivity contribution in [1.82, 2.24) is 10.2 Å². The fourth-order valence-corrected chi connectivity index (χ4v) is 1.99. The predicted molar refractivity (Wildman–Crippen MR) is 67.7 cm³/mol. The Kier molecular flexibility index (Phi) is 6.47. The number of rotatable bonds is 6. The third-order valence-corrected chi connectivity index (χ3v) is 3.08. The molecule has 0 spiro atoms. The molecule has 5 heteroatoms. The molecule has 0 radical (unpaired) electrons. The fraction of sp³-hybridized carbons (Fsp3) is 0.917. The second-order valence-electron chi connectivity index (χ2n) is 4.81. The number of amides is 1. The Hall–Kier alpha value is -0.650. The van der Waals surface area contributed by atoms with E-state index in [2.05, 4.69) is 24.1 Å². The average molecular weight is 243 g/mol. The molecule has 1 amide bonds. The minimum Gasteiger partial charge on any atom is -0.381 e. The Morgan fingerprint density at radius 3 is 2.65 bits per heavy atom. The van der Waals surface area contributed by atoms with Crippen molar-refractivity contribution in [2.45, 2.75) is 38.8 Å². The van der Waals surface area contributed by atoms with Crippen molar-refractivity contribution in [2.24, 2.45) is 5.73 Å². The number of ether oxygens (including phenoxy) is 1. The molecule has 0 aliphatic carbocycles. The van der Waals surface area contributed by atoms with E-state index in [9.17, 15) is 4.79 Å². The molecule has 0 bridgehead atoms. The Bertz CT molecular complexity index is 228. The molecule has 1 saturated heterocycles. The normalized spacial score (nSPS) is 17.7. The molecule has 0 atom stereocenters. The van der Waals surface area contributed by atoms with Crippen molar-refractivity contribution in [3.63, 3.8) is 0 Å². The quantitative estimate of drug-likeness (QED) is 0.686. The highest BCUT2D eigenvalue weighted by molar-refractivity contribution is 5.78. The maximum atomic E-state index is 11.9. The third-order valence-electron chi connectivity index (χ3n) is 3.08. The highest BCUT2D eigenvalue weighted by Crippen LogP contribution is 2.06. The van der Waals surface area contributed by atoms with Gasteiger partial charge in [-0.15, -0.1) is 0 Å². The van der Waals surface area contributed by atoms with Crippen molar-refractivity contribution >= 4 is 5.91 Å². The molecule has 0 aromatic heterocycles. The summed E-state index contributed by atoms with van der Waals surface area (Å²) in [5, 5.41) is 3.06. The summed E-state index contributed by atoms with van der Waals surface area (Å²) in [4.78, 5) is 14.0. The van der Waals surface area contributed by atoms with Gasteiger partial charge in [-0.05, 0) is 26.7 Å². The van der Waals surface area contributed by atoms with Crippen LogP contribution in [0.4, 0.5) is 0 Å². The van der Waals surface area contributed by atoms with E-state index in [1.165, 1.54) is 0 Å². The summed E-state index contributed by atoms with van der Waals surface area (Å²) < 4.78 is 5.26. The number of nitrogens with zero attached hydrogens (tertiary/aromatic N) is 1. The molecular weight excluding hydrogens is 218 g/mol. The SMILES string of the molecule is CC(C)N(CCN)CC(=O)NC1CCOCC1. The summed E-state index contributed by atoms with van der Waals surface area (Å²) in [7, 11) is 0. The maximum Gasteiger partial charge on any atom is 0.234 e.